The number of ether oxygens (including phenoxy) is 2. The van der Waals surface area contributed by atoms with Gasteiger partial charge >= 0.3 is 5.97 Å². The lowest BCUT2D eigenvalue weighted by Gasteiger charge is -2.09. The summed E-state index contributed by atoms with van der Waals surface area (Å²) in [6.45, 7) is -0.405. The number of anilines is 2. The Labute approximate surface area is 207 Å². The van der Waals surface area contributed by atoms with Crippen LogP contribution in [0.2, 0.25) is 10.0 Å². The van der Waals surface area contributed by atoms with Gasteiger partial charge in [-0.05, 0) is 79.2 Å². The van der Waals surface area contributed by atoms with E-state index in [2.05, 4.69) is 10.6 Å². The quantitative estimate of drug-likeness (QED) is 0.329. The normalized spacial score (nSPS) is 10.3. The van der Waals surface area contributed by atoms with Gasteiger partial charge in [-0.25, -0.2) is 0 Å². The number of amides is 2. The van der Waals surface area contributed by atoms with Crippen molar-refractivity contribution in [3.63, 3.8) is 0 Å². The van der Waals surface area contributed by atoms with E-state index < -0.39 is 18.5 Å². The Hall–Kier alpha value is -3.55. The van der Waals surface area contributed by atoms with Crippen molar-refractivity contribution < 1.29 is 23.9 Å². The number of carbonyl (C=O) groups is 3. The maximum atomic E-state index is 12.1. The lowest BCUT2D eigenvalue weighted by atomic mass is 10.2. The maximum absolute atomic E-state index is 12.1. The average Bonchev–Trinajstić information content (AvgIpc) is 2.82. The molecule has 3 aromatic rings. The lowest BCUT2D eigenvalue weighted by Crippen LogP contribution is -2.21. The van der Waals surface area contributed by atoms with E-state index in [0.717, 1.165) is 0 Å². The Balaban J connectivity index is 1.32. The predicted octanol–water partition coefficient (Wildman–Crippen LogP) is 6.08. The molecule has 0 saturated carbocycles. The molecule has 34 heavy (non-hydrogen) atoms. The summed E-state index contributed by atoms with van der Waals surface area (Å²) in [6.07, 6.45) is 0.450. The predicted molar refractivity (Wildman–Crippen MR) is 131 cm³/mol. The summed E-state index contributed by atoms with van der Waals surface area (Å²) in [7, 11) is 0. The third kappa shape index (κ3) is 8.77. The van der Waals surface area contributed by atoms with Gasteiger partial charge in [0.2, 0.25) is 5.91 Å². The van der Waals surface area contributed by atoms with Gasteiger partial charge < -0.3 is 20.1 Å². The highest BCUT2D eigenvalue weighted by molar-refractivity contribution is 6.30. The van der Waals surface area contributed by atoms with Gasteiger partial charge in [0, 0.05) is 34.3 Å². The molecule has 0 aliphatic heterocycles. The van der Waals surface area contributed by atoms with Gasteiger partial charge in [-0.2, -0.15) is 0 Å². The van der Waals surface area contributed by atoms with Crippen LogP contribution in [0.25, 0.3) is 0 Å². The van der Waals surface area contributed by atoms with E-state index >= 15 is 0 Å². The highest BCUT2D eigenvalue weighted by Crippen LogP contribution is 2.24. The molecule has 3 rings (SSSR count). The van der Waals surface area contributed by atoms with Gasteiger partial charge in [0.05, 0.1) is 0 Å². The van der Waals surface area contributed by atoms with E-state index in [0.29, 0.717) is 39.3 Å². The second kappa shape index (κ2) is 12.6. The van der Waals surface area contributed by atoms with E-state index in [1.165, 1.54) is 0 Å². The number of esters is 1. The Bertz CT molecular complexity index is 1120. The van der Waals surface area contributed by atoms with Crippen molar-refractivity contribution in [1.29, 1.82) is 0 Å². The molecule has 0 fully saturated rings. The van der Waals surface area contributed by atoms with Gasteiger partial charge in [0.15, 0.2) is 6.61 Å². The minimum Gasteiger partial charge on any atom is -0.457 e. The van der Waals surface area contributed by atoms with Gasteiger partial charge in [0.25, 0.3) is 5.91 Å². The average molecular weight is 501 g/mol. The fourth-order valence-electron chi connectivity index (χ4n) is 2.81. The van der Waals surface area contributed by atoms with Crippen molar-refractivity contribution in [1.82, 2.24) is 0 Å². The Morgan fingerprint density at radius 1 is 0.647 bits per heavy atom. The molecule has 176 valence electrons. The molecule has 0 bridgehead atoms. The van der Waals surface area contributed by atoms with Crippen LogP contribution < -0.4 is 15.4 Å². The molecule has 0 saturated heterocycles. The number of rotatable bonds is 10. The first-order valence-corrected chi connectivity index (χ1v) is 11.2. The molecule has 0 heterocycles. The van der Waals surface area contributed by atoms with Gasteiger partial charge in [-0.1, -0.05) is 23.2 Å². The van der Waals surface area contributed by atoms with Crippen LogP contribution in [0.1, 0.15) is 19.3 Å². The zero-order chi connectivity index (χ0) is 24.3. The highest BCUT2D eigenvalue weighted by Gasteiger charge is 2.10. The summed E-state index contributed by atoms with van der Waals surface area (Å²) in [5, 5.41) is 6.52. The minimum atomic E-state index is -0.553. The smallest absolute Gasteiger partial charge is 0.306 e. The molecule has 2 N–H and O–H groups in total. The standard InChI is InChI=1S/C25H22Cl2N2O5/c26-17-4-8-19(9-5-17)29-24(31)16-33-25(32)3-1-2-23(30)28-20-10-14-22(15-11-20)34-21-12-6-18(27)7-13-21/h4-15H,1-3,16H2,(H,28,30)(H,29,31). The van der Waals surface area contributed by atoms with E-state index in [1.54, 1.807) is 72.8 Å². The monoisotopic (exact) mass is 500 g/mol. The second-order valence-corrected chi connectivity index (χ2v) is 8.07. The molecule has 2 amide bonds. The molecule has 0 aliphatic carbocycles. The van der Waals surface area contributed by atoms with Crippen molar-refractivity contribution in [2.45, 2.75) is 19.3 Å². The van der Waals surface area contributed by atoms with Crippen LogP contribution in [0.5, 0.6) is 11.5 Å². The number of nitrogens with one attached hydrogen (secondary N) is 2. The molecular weight excluding hydrogens is 479 g/mol. The van der Waals surface area contributed by atoms with Crippen molar-refractivity contribution in [2.75, 3.05) is 17.2 Å². The molecule has 0 atom stereocenters. The van der Waals surface area contributed by atoms with Crippen LogP contribution in [0, 0.1) is 0 Å². The zero-order valence-electron chi connectivity index (χ0n) is 18.1. The number of halogens is 2. The number of hydrogen-bond acceptors (Lipinski definition) is 5. The maximum Gasteiger partial charge on any atom is 0.306 e. The van der Waals surface area contributed by atoms with Crippen molar-refractivity contribution >= 4 is 52.4 Å². The van der Waals surface area contributed by atoms with E-state index in [1.807, 2.05) is 0 Å². The Morgan fingerprint density at radius 3 is 1.71 bits per heavy atom. The summed E-state index contributed by atoms with van der Waals surface area (Å²) in [5.74, 6) is 0.0120. The molecule has 0 aromatic heterocycles. The first kappa shape index (κ1) is 25.1. The summed E-state index contributed by atoms with van der Waals surface area (Å²) >= 11 is 11.6. The SMILES string of the molecule is O=C(CCCC(=O)OCC(=O)Nc1ccc(Cl)cc1)Nc1ccc(Oc2ccc(Cl)cc2)cc1. The van der Waals surface area contributed by atoms with E-state index in [9.17, 15) is 14.4 Å². The van der Waals surface area contributed by atoms with E-state index in [4.69, 9.17) is 32.7 Å². The molecule has 0 radical (unpaired) electrons. The number of hydrogen-bond donors (Lipinski definition) is 2. The number of benzene rings is 3. The molecule has 0 spiro atoms. The summed E-state index contributed by atoms with van der Waals surface area (Å²) in [4.78, 5) is 35.8. The largest absolute Gasteiger partial charge is 0.457 e. The zero-order valence-corrected chi connectivity index (χ0v) is 19.6. The van der Waals surface area contributed by atoms with Gasteiger partial charge in [-0.15, -0.1) is 0 Å². The lowest BCUT2D eigenvalue weighted by molar-refractivity contribution is -0.147. The molecule has 9 heteroatoms. The fraction of sp³-hybridized carbons (Fsp3) is 0.160. The summed E-state index contributed by atoms with van der Waals surface area (Å²) in [5.41, 5.74) is 1.15. The summed E-state index contributed by atoms with van der Waals surface area (Å²) < 4.78 is 10.6. The van der Waals surface area contributed by atoms with Gasteiger partial charge in [-0.3, -0.25) is 14.4 Å². The van der Waals surface area contributed by atoms with Crippen LogP contribution in [-0.2, 0) is 19.1 Å². The molecule has 0 aliphatic rings. The van der Waals surface area contributed by atoms with E-state index in [-0.39, 0.29) is 18.7 Å². The summed E-state index contributed by atoms with van der Waals surface area (Å²) in [6, 6.07) is 20.4. The first-order chi connectivity index (χ1) is 16.4. The minimum absolute atomic E-state index is 0.0233. The van der Waals surface area contributed by atoms with Gasteiger partial charge in [0.1, 0.15) is 11.5 Å². The van der Waals surface area contributed by atoms with Crippen molar-refractivity contribution in [3.05, 3.63) is 82.8 Å². The first-order valence-electron chi connectivity index (χ1n) is 10.4. The Morgan fingerprint density at radius 2 is 1.12 bits per heavy atom. The van der Waals surface area contributed by atoms with Crippen LogP contribution >= 0.6 is 23.2 Å². The number of carbonyl (C=O) groups excluding carboxylic acids is 3. The molecule has 3 aromatic carbocycles. The highest BCUT2D eigenvalue weighted by atomic mass is 35.5. The molecular formula is C25H22Cl2N2O5. The van der Waals surface area contributed by atoms with Crippen LogP contribution in [0.15, 0.2) is 72.8 Å². The molecule has 0 unspecified atom stereocenters. The molecule has 7 nitrogen and oxygen atoms in total. The van der Waals surface area contributed by atoms with Crippen LogP contribution in [-0.4, -0.2) is 24.4 Å². The topological polar surface area (TPSA) is 93.7 Å². The Kier molecular flexibility index (Phi) is 9.31. The van der Waals surface area contributed by atoms with Crippen molar-refractivity contribution in [2.24, 2.45) is 0 Å². The van der Waals surface area contributed by atoms with Crippen molar-refractivity contribution in [3.8, 4) is 11.5 Å². The third-order valence-electron chi connectivity index (χ3n) is 4.46. The van der Waals surface area contributed by atoms with Crippen LogP contribution in [0.4, 0.5) is 11.4 Å². The third-order valence-corrected chi connectivity index (χ3v) is 4.97. The second-order valence-electron chi connectivity index (χ2n) is 7.20. The fourth-order valence-corrected chi connectivity index (χ4v) is 3.06. The van der Waals surface area contributed by atoms with Crippen LogP contribution in [0.3, 0.4) is 0 Å².